The number of ether oxygens (including phenoxy) is 3. The van der Waals surface area contributed by atoms with E-state index in [4.69, 9.17) is 14.2 Å². The molecule has 1 N–H and O–H groups in total. The second-order valence-electron chi connectivity index (χ2n) is 6.11. The van der Waals surface area contributed by atoms with Crippen molar-refractivity contribution < 1.29 is 19.0 Å². The molecule has 0 radical (unpaired) electrons. The molecule has 144 valence electrons. The van der Waals surface area contributed by atoms with Crippen molar-refractivity contribution in [3.63, 3.8) is 0 Å². The zero-order valence-electron chi connectivity index (χ0n) is 15.3. The number of nitrogens with one attached hydrogen (secondary N) is 1. The second kappa shape index (κ2) is 8.94. The van der Waals surface area contributed by atoms with Crippen LogP contribution >= 0.6 is 15.9 Å². The highest BCUT2D eigenvalue weighted by Gasteiger charge is 2.28. The highest BCUT2D eigenvalue weighted by molar-refractivity contribution is 9.10. The normalized spacial score (nSPS) is 16.1. The molecule has 1 aromatic heterocycles. The van der Waals surface area contributed by atoms with Gasteiger partial charge in [0.25, 0.3) is 0 Å². The van der Waals surface area contributed by atoms with Crippen LogP contribution < -0.4 is 19.5 Å². The summed E-state index contributed by atoms with van der Waals surface area (Å²) in [5.41, 5.74) is 0.936. The average Bonchev–Trinajstić information content (AvgIpc) is 3.16. The van der Waals surface area contributed by atoms with Gasteiger partial charge < -0.3 is 24.4 Å². The Labute approximate surface area is 166 Å². The third-order valence-corrected chi connectivity index (χ3v) is 4.93. The molecule has 0 aliphatic carbocycles. The molecule has 1 atom stereocenters. The van der Waals surface area contributed by atoms with E-state index in [0.29, 0.717) is 37.0 Å². The first-order chi connectivity index (χ1) is 13.1. The Hall–Kier alpha value is -2.48. The smallest absolute Gasteiger partial charge is 0.317 e. The first-order valence-electron chi connectivity index (χ1n) is 8.61. The van der Waals surface area contributed by atoms with Gasteiger partial charge in [0, 0.05) is 25.7 Å². The molecule has 2 amide bonds. The lowest BCUT2D eigenvalue weighted by molar-refractivity contribution is 0.182. The van der Waals surface area contributed by atoms with Crippen LogP contribution in [-0.4, -0.2) is 49.3 Å². The van der Waals surface area contributed by atoms with E-state index in [2.05, 4.69) is 26.2 Å². The van der Waals surface area contributed by atoms with Crippen LogP contribution in [0, 0.1) is 0 Å². The number of benzene rings is 1. The zero-order chi connectivity index (χ0) is 19.2. The van der Waals surface area contributed by atoms with E-state index < -0.39 is 0 Å². The number of nitrogens with zero attached hydrogens (tertiary/aromatic N) is 2. The Morgan fingerprint density at radius 1 is 1.30 bits per heavy atom. The summed E-state index contributed by atoms with van der Waals surface area (Å²) in [6.45, 7) is 1.58. The summed E-state index contributed by atoms with van der Waals surface area (Å²) >= 11 is 3.42. The van der Waals surface area contributed by atoms with Crippen molar-refractivity contribution in [2.45, 2.75) is 19.1 Å². The maximum atomic E-state index is 12.4. The predicted octanol–water partition coefficient (Wildman–Crippen LogP) is 3.22. The van der Waals surface area contributed by atoms with E-state index in [0.717, 1.165) is 16.5 Å². The number of likely N-dealkylation sites (tertiary alicyclic amines) is 1. The maximum Gasteiger partial charge on any atom is 0.317 e. The summed E-state index contributed by atoms with van der Waals surface area (Å²) in [5.74, 6) is 1.85. The van der Waals surface area contributed by atoms with Crippen molar-refractivity contribution in [2.24, 2.45) is 0 Å². The summed E-state index contributed by atoms with van der Waals surface area (Å²) in [5, 5.41) is 2.94. The molecule has 0 spiro atoms. The van der Waals surface area contributed by atoms with Gasteiger partial charge in [-0.3, -0.25) is 0 Å². The Kier molecular flexibility index (Phi) is 6.39. The second-order valence-corrected chi connectivity index (χ2v) is 6.97. The highest BCUT2D eigenvalue weighted by atomic mass is 79.9. The molecule has 7 nitrogen and oxygen atoms in total. The van der Waals surface area contributed by atoms with Crippen molar-refractivity contribution in [1.29, 1.82) is 0 Å². The molecule has 3 rings (SSSR count). The van der Waals surface area contributed by atoms with Gasteiger partial charge in [-0.1, -0.05) is 6.07 Å². The number of hydrogen-bond acceptors (Lipinski definition) is 5. The van der Waals surface area contributed by atoms with Crippen molar-refractivity contribution in [2.75, 3.05) is 27.3 Å². The van der Waals surface area contributed by atoms with Crippen LogP contribution in [0.25, 0.3) is 0 Å². The minimum atomic E-state index is -0.115. The summed E-state index contributed by atoms with van der Waals surface area (Å²) in [6.07, 6.45) is 2.39. The van der Waals surface area contributed by atoms with Gasteiger partial charge in [-0.25, -0.2) is 9.78 Å². The van der Waals surface area contributed by atoms with E-state index in [1.807, 2.05) is 30.3 Å². The molecule has 8 heteroatoms. The monoisotopic (exact) mass is 435 g/mol. The van der Waals surface area contributed by atoms with E-state index >= 15 is 0 Å². The number of aromatic nitrogens is 1. The standard InChI is InChI=1S/C19H22BrN3O4/c1-25-16-6-5-13(10-17(16)26-2)11-22-19(24)23-9-7-14(12-23)27-18-15(20)4-3-8-21-18/h3-6,8,10,14H,7,9,11-12H2,1-2H3,(H,22,24)/t14-/m1/s1. The molecular formula is C19H22BrN3O4. The molecule has 2 aromatic rings. The van der Waals surface area contributed by atoms with E-state index in [9.17, 15) is 4.79 Å². The maximum absolute atomic E-state index is 12.4. The van der Waals surface area contributed by atoms with Gasteiger partial charge in [-0.15, -0.1) is 0 Å². The summed E-state index contributed by atoms with van der Waals surface area (Å²) in [4.78, 5) is 18.4. The Morgan fingerprint density at radius 2 is 2.11 bits per heavy atom. The fourth-order valence-electron chi connectivity index (χ4n) is 2.90. The minimum Gasteiger partial charge on any atom is -0.493 e. The fraction of sp³-hybridized carbons (Fsp3) is 0.368. The van der Waals surface area contributed by atoms with Gasteiger partial charge in [0.05, 0.1) is 25.2 Å². The first kappa shape index (κ1) is 19.3. The first-order valence-corrected chi connectivity index (χ1v) is 9.41. The number of rotatable bonds is 6. The lowest BCUT2D eigenvalue weighted by Crippen LogP contribution is -2.39. The van der Waals surface area contributed by atoms with Gasteiger partial charge in [0.15, 0.2) is 11.5 Å². The van der Waals surface area contributed by atoms with Gasteiger partial charge in [0.2, 0.25) is 5.88 Å². The van der Waals surface area contributed by atoms with Crippen LogP contribution in [0.5, 0.6) is 17.4 Å². The largest absolute Gasteiger partial charge is 0.493 e. The molecule has 1 fully saturated rings. The molecule has 0 bridgehead atoms. The van der Waals surface area contributed by atoms with Crippen molar-refractivity contribution in [3.05, 3.63) is 46.6 Å². The summed E-state index contributed by atoms with van der Waals surface area (Å²) < 4.78 is 17.2. The third-order valence-electron chi connectivity index (χ3n) is 4.33. The van der Waals surface area contributed by atoms with Crippen molar-refractivity contribution >= 4 is 22.0 Å². The fourth-order valence-corrected chi connectivity index (χ4v) is 3.25. The third kappa shape index (κ3) is 4.82. The Balaban J connectivity index is 1.51. The lowest BCUT2D eigenvalue weighted by Gasteiger charge is -2.18. The van der Waals surface area contributed by atoms with Crippen LogP contribution in [-0.2, 0) is 6.54 Å². The highest BCUT2D eigenvalue weighted by Crippen LogP contribution is 2.27. The molecule has 1 aromatic carbocycles. The summed E-state index contributed by atoms with van der Waals surface area (Å²) in [7, 11) is 3.18. The average molecular weight is 436 g/mol. The van der Waals surface area contributed by atoms with Gasteiger partial charge in [-0.2, -0.15) is 0 Å². The van der Waals surface area contributed by atoms with E-state index in [1.54, 1.807) is 25.3 Å². The quantitative estimate of drug-likeness (QED) is 0.753. The topological polar surface area (TPSA) is 72.9 Å². The number of urea groups is 1. The van der Waals surface area contributed by atoms with Gasteiger partial charge in [0.1, 0.15) is 6.10 Å². The number of carbonyl (C=O) groups excluding carboxylic acids is 1. The number of halogens is 1. The van der Waals surface area contributed by atoms with E-state index in [1.165, 1.54) is 0 Å². The number of amides is 2. The molecule has 27 heavy (non-hydrogen) atoms. The predicted molar refractivity (Wildman–Crippen MR) is 104 cm³/mol. The van der Waals surface area contributed by atoms with Gasteiger partial charge in [-0.05, 0) is 45.8 Å². The molecule has 2 heterocycles. The SMILES string of the molecule is COc1ccc(CNC(=O)N2CC[C@@H](Oc3ncccc3Br)C2)cc1OC. The molecule has 1 aliphatic rings. The molecule has 1 saturated heterocycles. The number of methoxy groups -OCH3 is 2. The van der Waals surface area contributed by atoms with Crippen LogP contribution in [0.15, 0.2) is 41.0 Å². The molecule has 0 saturated carbocycles. The van der Waals surface area contributed by atoms with Crippen LogP contribution in [0.3, 0.4) is 0 Å². The zero-order valence-corrected chi connectivity index (χ0v) is 16.9. The Morgan fingerprint density at radius 3 is 2.85 bits per heavy atom. The van der Waals surface area contributed by atoms with Crippen molar-refractivity contribution in [3.8, 4) is 17.4 Å². The molecular weight excluding hydrogens is 414 g/mol. The van der Waals surface area contributed by atoms with Crippen molar-refractivity contribution in [1.82, 2.24) is 15.2 Å². The minimum absolute atomic E-state index is 0.0666. The lowest BCUT2D eigenvalue weighted by atomic mass is 10.2. The number of carbonyl (C=O) groups is 1. The van der Waals surface area contributed by atoms with Crippen LogP contribution in [0.4, 0.5) is 4.79 Å². The molecule has 1 aliphatic heterocycles. The number of pyridine rings is 1. The van der Waals surface area contributed by atoms with E-state index in [-0.39, 0.29) is 12.1 Å². The van der Waals surface area contributed by atoms with Crippen LogP contribution in [0.2, 0.25) is 0 Å². The molecule has 0 unspecified atom stereocenters. The summed E-state index contributed by atoms with van der Waals surface area (Å²) in [6, 6.07) is 9.18. The number of hydrogen-bond donors (Lipinski definition) is 1. The Bertz CT molecular complexity index is 802. The van der Waals surface area contributed by atoms with Crippen LogP contribution in [0.1, 0.15) is 12.0 Å². The van der Waals surface area contributed by atoms with Gasteiger partial charge >= 0.3 is 6.03 Å².